The molecule has 0 radical (unpaired) electrons. The van der Waals surface area contributed by atoms with Crippen LogP contribution in [0.5, 0.6) is 0 Å². The standard InChI is InChI=1S/C17H23NO2S/c1-13-12-16(21-15(13)8-4-5-11-19)17(20)18-10-9-14-6-2-3-7-14/h12,14,19H,2-3,5-7,9-11H2,1H3,(H,18,20). The lowest BCUT2D eigenvalue weighted by Gasteiger charge is -2.08. The number of nitrogens with one attached hydrogen (secondary N) is 1. The summed E-state index contributed by atoms with van der Waals surface area (Å²) in [5, 5.41) is 11.7. The molecule has 1 saturated carbocycles. The molecule has 1 heterocycles. The van der Waals surface area contributed by atoms with Gasteiger partial charge < -0.3 is 10.4 Å². The largest absolute Gasteiger partial charge is 0.395 e. The molecule has 0 bridgehead atoms. The van der Waals surface area contributed by atoms with Crippen molar-refractivity contribution in [2.45, 2.75) is 45.4 Å². The molecule has 21 heavy (non-hydrogen) atoms. The second-order valence-corrected chi connectivity index (χ2v) is 6.65. The number of hydrogen-bond acceptors (Lipinski definition) is 3. The van der Waals surface area contributed by atoms with E-state index in [1.807, 2.05) is 13.0 Å². The first-order valence-corrected chi connectivity index (χ1v) is 8.50. The van der Waals surface area contributed by atoms with E-state index in [0.717, 1.165) is 34.2 Å². The summed E-state index contributed by atoms with van der Waals surface area (Å²) in [5.41, 5.74) is 1.03. The van der Waals surface area contributed by atoms with Crippen molar-refractivity contribution in [2.24, 2.45) is 5.92 Å². The van der Waals surface area contributed by atoms with Crippen molar-refractivity contribution in [3.05, 3.63) is 21.4 Å². The van der Waals surface area contributed by atoms with Crippen LogP contribution >= 0.6 is 11.3 Å². The second-order valence-electron chi connectivity index (χ2n) is 5.59. The molecule has 114 valence electrons. The smallest absolute Gasteiger partial charge is 0.261 e. The molecule has 1 fully saturated rings. The minimum absolute atomic E-state index is 0.0105. The summed E-state index contributed by atoms with van der Waals surface area (Å²) in [4.78, 5) is 13.8. The Bertz CT molecular complexity index is 533. The Morgan fingerprint density at radius 1 is 1.48 bits per heavy atom. The molecule has 1 aliphatic carbocycles. The average Bonchev–Trinajstić information content (AvgIpc) is 3.09. The van der Waals surface area contributed by atoms with Gasteiger partial charge in [-0.15, -0.1) is 11.3 Å². The van der Waals surface area contributed by atoms with Gasteiger partial charge in [0.2, 0.25) is 0 Å². The van der Waals surface area contributed by atoms with Crippen molar-refractivity contribution in [1.82, 2.24) is 5.32 Å². The Morgan fingerprint density at radius 3 is 2.95 bits per heavy atom. The monoisotopic (exact) mass is 305 g/mol. The Balaban J connectivity index is 1.84. The summed E-state index contributed by atoms with van der Waals surface area (Å²) in [6, 6.07) is 1.90. The Kier molecular flexibility index (Phi) is 6.28. The van der Waals surface area contributed by atoms with Crippen molar-refractivity contribution in [2.75, 3.05) is 13.2 Å². The molecule has 0 aromatic carbocycles. The zero-order valence-electron chi connectivity index (χ0n) is 12.6. The number of hydrogen-bond donors (Lipinski definition) is 2. The van der Waals surface area contributed by atoms with Gasteiger partial charge in [0.05, 0.1) is 16.4 Å². The lowest BCUT2D eigenvalue weighted by molar-refractivity contribution is 0.0955. The molecule has 3 nitrogen and oxygen atoms in total. The van der Waals surface area contributed by atoms with Gasteiger partial charge in [0, 0.05) is 13.0 Å². The first-order valence-electron chi connectivity index (χ1n) is 7.69. The van der Waals surface area contributed by atoms with E-state index in [1.54, 1.807) is 0 Å². The minimum atomic E-state index is 0.0105. The van der Waals surface area contributed by atoms with Gasteiger partial charge in [-0.2, -0.15) is 0 Å². The number of rotatable bonds is 5. The quantitative estimate of drug-likeness (QED) is 0.821. The van der Waals surface area contributed by atoms with E-state index in [-0.39, 0.29) is 12.5 Å². The zero-order valence-corrected chi connectivity index (χ0v) is 13.4. The summed E-state index contributed by atoms with van der Waals surface area (Å²) in [6.07, 6.45) is 6.90. The van der Waals surface area contributed by atoms with E-state index in [1.165, 1.54) is 37.0 Å². The third-order valence-corrected chi connectivity index (χ3v) is 5.04. The average molecular weight is 305 g/mol. The Hall–Kier alpha value is -1.31. The summed E-state index contributed by atoms with van der Waals surface area (Å²) >= 11 is 1.43. The molecule has 0 saturated heterocycles. The molecule has 1 aromatic heterocycles. The highest BCUT2D eigenvalue weighted by Gasteiger charge is 2.16. The molecule has 0 unspecified atom stereocenters. The van der Waals surface area contributed by atoms with Gasteiger partial charge in [0.15, 0.2) is 0 Å². The highest BCUT2D eigenvalue weighted by Crippen LogP contribution is 2.27. The van der Waals surface area contributed by atoms with Crippen LogP contribution in [-0.4, -0.2) is 24.2 Å². The maximum absolute atomic E-state index is 12.1. The fourth-order valence-electron chi connectivity index (χ4n) is 2.69. The maximum Gasteiger partial charge on any atom is 0.261 e. The SMILES string of the molecule is Cc1cc(C(=O)NCCC2CCCC2)sc1C#CCCO. The number of aliphatic hydroxyl groups excluding tert-OH is 1. The molecule has 0 atom stereocenters. The molecule has 1 amide bonds. The van der Waals surface area contributed by atoms with Crippen LogP contribution < -0.4 is 5.32 Å². The van der Waals surface area contributed by atoms with E-state index in [0.29, 0.717) is 6.42 Å². The molecular formula is C17H23NO2S. The normalized spacial score (nSPS) is 14.8. The Labute approximate surface area is 130 Å². The van der Waals surface area contributed by atoms with Gasteiger partial charge >= 0.3 is 0 Å². The fourth-order valence-corrected chi connectivity index (χ4v) is 3.66. The lowest BCUT2D eigenvalue weighted by atomic mass is 10.0. The predicted molar refractivity (Wildman–Crippen MR) is 86.5 cm³/mol. The first kappa shape index (κ1) is 16.1. The van der Waals surface area contributed by atoms with Crippen LogP contribution in [0.3, 0.4) is 0 Å². The zero-order chi connectivity index (χ0) is 15.1. The van der Waals surface area contributed by atoms with Crippen LogP contribution in [0, 0.1) is 24.7 Å². The van der Waals surface area contributed by atoms with E-state index >= 15 is 0 Å². The molecule has 0 aliphatic heterocycles. The van der Waals surface area contributed by atoms with Crippen LogP contribution in [0.15, 0.2) is 6.07 Å². The molecule has 1 aliphatic rings. The number of carbonyl (C=O) groups excluding carboxylic acids is 1. The lowest BCUT2D eigenvalue weighted by Crippen LogP contribution is -2.24. The van der Waals surface area contributed by atoms with Gasteiger partial charge in [-0.05, 0) is 30.9 Å². The van der Waals surface area contributed by atoms with E-state index in [2.05, 4.69) is 17.2 Å². The van der Waals surface area contributed by atoms with Crippen LogP contribution in [0.1, 0.15) is 58.6 Å². The van der Waals surface area contributed by atoms with Gasteiger partial charge in [-0.3, -0.25) is 4.79 Å². The number of amides is 1. The van der Waals surface area contributed by atoms with E-state index < -0.39 is 0 Å². The van der Waals surface area contributed by atoms with Crippen molar-refractivity contribution in [3.8, 4) is 11.8 Å². The van der Waals surface area contributed by atoms with Crippen LogP contribution in [-0.2, 0) is 0 Å². The minimum Gasteiger partial charge on any atom is -0.395 e. The fraction of sp³-hybridized carbons (Fsp3) is 0.588. The van der Waals surface area contributed by atoms with Crippen molar-refractivity contribution in [3.63, 3.8) is 0 Å². The van der Waals surface area contributed by atoms with Gasteiger partial charge in [0.25, 0.3) is 5.91 Å². The topological polar surface area (TPSA) is 49.3 Å². The van der Waals surface area contributed by atoms with E-state index in [9.17, 15) is 4.79 Å². The number of aryl methyl sites for hydroxylation is 1. The summed E-state index contributed by atoms with van der Waals surface area (Å²) in [7, 11) is 0. The van der Waals surface area contributed by atoms with Crippen LogP contribution in [0.4, 0.5) is 0 Å². The number of carbonyl (C=O) groups is 1. The third kappa shape index (κ3) is 4.87. The molecule has 2 rings (SSSR count). The van der Waals surface area contributed by atoms with E-state index in [4.69, 9.17) is 5.11 Å². The molecule has 1 aromatic rings. The maximum atomic E-state index is 12.1. The highest BCUT2D eigenvalue weighted by atomic mass is 32.1. The molecule has 2 N–H and O–H groups in total. The van der Waals surface area contributed by atoms with Gasteiger partial charge in [0.1, 0.15) is 0 Å². The molecule has 4 heteroatoms. The highest BCUT2D eigenvalue weighted by molar-refractivity contribution is 7.14. The van der Waals surface area contributed by atoms with Crippen LogP contribution in [0.25, 0.3) is 0 Å². The Morgan fingerprint density at radius 2 is 2.24 bits per heavy atom. The summed E-state index contributed by atoms with van der Waals surface area (Å²) in [6.45, 7) is 2.81. The van der Waals surface area contributed by atoms with Crippen LogP contribution in [0.2, 0.25) is 0 Å². The van der Waals surface area contributed by atoms with Crippen molar-refractivity contribution < 1.29 is 9.90 Å². The summed E-state index contributed by atoms with van der Waals surface area (Å²) in [5.74, 6) is 6.73. The molecule has 0 spiro atoms. The van der Waals surface area contributed by atoms with Gasteiger partial charge in [-0.25, -0.2) is 0 Å². The molecular weight excluding hydrogens is 282 g/mol. The van der Waals surface area contributed by atoms with Crippen molar-refractivity contribution >= 4 is 17.2 Å². The first-order chi connectivity index (χ1) is 10.2. The predicted octanol–water partition coefficient (Wildman–Crippen LogP) is 3.10. The number of aliphatic hydroxyl groups is 1. The second kappa shape index (κ2) is 8.21. The van der Waals surface area contributed by atoms with Gasteiger partial charge in [-0.1, -0.05) is 37.5 Å². The third-order valence-electron chi connectivity index (χ3n) is 3.89. The van der Waals surface area contributed by atoms with Crippen molar-refractivity contribution in [1.29, 1.82) is 0 Å². The summed E-state index contributed by atoms with van der Waals surface area (Å²) < 4.78 is 0. The number of thiophene rings is 1.